The van der Waals surface area contributed by atoms with E-state index in [-0.39, 0.29) is 5.91 Å². The lowest BCUT2D eigenvalue weighted by atomic mass is 10.2. The zero-order valence-corrected chi connectivity index (χ0v) is 15.5. The minimum Gasteiger partial charge on any atom is -0.353 e. The van der Waals surface area contributed by atoms with Crippen molar-refractivity contribution >= 4 is 40.5 Å². The molecule has 1 aromatic carbocycles. The van der Waals surface area contributed by atoms with Crippen molar-refractivity contribution in [2.75, 3.05) is 38.0 Å². The van der Waals surface area contributed by atoms with Gasteiger partial charge < -0.3 is 15.1 Å². The van der Waals surface area contributed by atoms with Gasteiger partial charge in [-0.2, -0.15) is 0 Å². The highest BCUT2D eigenvalue weighted by Crippen LogP contribution is 2.28. The Balaban J connectivity index is 1.64. The lowest BCUT2D eigenvalue weighted by molar-refractivity contribution is 0.0637. The molecule has 1 saturated heterocycles. The standard InChI is InChI=1S/C18H20Cl2N4O/c1-2-23-7-9-24(10-8-23)18(25)17-6-4-14(12-21-17)22-16-5-3-13(19)11-15(16)20/h3-6,11-12,22H,2,7-10H2,1H3. The highest BCUT2D eigenvalue weighted by atomic mass is 35.5. The van der Waals surface area contributed by atoms with E-state index in [0.29, 0.717) is 15.7 Å². The molecule has 2 heterocycles. The van der Waals surface area contributed by atoms with E-state index in [2.05, 4.69) is 22.1 Å². The van der Waals surface area contributed by atoms with E-state index in [4.69, 9.17) is 23.2 Å². The number of nitrogens with one attached hydrogen (secondary N) is 1. The van der Waals surface area contributed by atoms with Gasteiger partial charge in [-0.3, -0.25) is 4.79 Å². The van der Waals surface area contributed by atoms with Gasteiger partial charge in [0.25, 0.3) is 5.91 Å². The zero-order valence-electron chi connectivity index (χ0n) is 14.0. The van der Waals surface area contributed by atoms with Crippen LogP contribution in [0, 0.1) is 0 Å². The summed E-state index contributed by atoms with van der Waals surface area (Å²) in [4.78, 5) is 21.0. The van der Waals surface area contributed by atoms with Gasteiger partial charge in [-0.1, -0.05) is 30.1 Å². The van der Waals surface area contributed by atoms with Crippen LogP contribution in [-0.2, 0) is 0 Å². The summed E-state index contributed by atoms with van der Waals surface area (Å²) in [5.41, 5.74) is 1.96. The first-order chi connectivity index (χ1) is 12.1. The molecule has 0 spiro atoms. The first-order valence-corrected chi connectivity index (χ1v) is 9.02. The number of hydrogen-bond donors (Lipinski definition) is 1. The molecule has 25 heavy (non-hydrogen) atoms. The average molecular weight is 379 g/mol. The van der Waals surface area contributed by atoms with E-state index < -0.39 is 0 Å². The SMILES string of the molecule is CCN1CCN(C(=O)c2ccc(Nc3ccc(Cl)cc3Cl)cn2)CC1. The number of pyridine rings is 1. The fraction of sp³-hybridized carbons (Fsp3) is 0.333. The third-order valence-electron chi connectivity index (χ3n) is 4.30. The second-order valence-electron chi connectivity index (χ2n) is 5.91. The largest absolute Gasteiger partial charge is 0.353 e. The topological polar surface area (TPSA) is 48.5 Å². The summed E-state index contributed by atoms with van der Waals surface area (Å²) >= 11 is 12.1. The third kappa shape index (κ3) is 4.42. The van der Waals surface area contributed by atoms with Gasteiger partial charge in [-0.25, -0.2) is 4.98 Å². The van der Waals surface area contributed by atoms with Gasteiger partial charge >= 0.3 is 0 Å². The van der Waals surface area contributed by atoms with Gasteiger partial charge in [-0.05, 0) is 36.9 Å². The molecule has 132 valence electrons. The van der Waals surface area contributed by atoms with Crippen LogP contribution in [0.3, 0.4) is 0 Å². The smallest absolute Gasteiger partial charge is 0.272 e. The Bertz CT molecular complexity index is 743. The maximum Gasteiger partial charge on any atom is 0.272 e. The molecular formula is C18H20Cl2N4O. The quantitative estimate of drug-likeness (QED) is 0.875. The summed E-state index contributed by atoms with van der Waals surface area (Å²) in [7, 11) is 0. The Morgan fingerprint density at radius 1 is 1.16 bits per heavy atom. The summed E-state index contributed by atoms with van der Waals surface area (Å²) in [6, 6.07) is 8.80. The first kappa shape index (κ1) is 18.0. The van der Waals surface area contributed by atoms with Crippen LogP contribution in [0.2, 0.25) is 10.0 Å². The van der Waals surface area contributed by atoms with Crippen molar-refractivity contribution in [3.8, 4) is 0 Å². The van der Waals surface area contributed by atoms with Crippen molar-refractivity contribution in [1.82, 2.24) is 14.8 Å². The fourth-order valence-corrected chi connectivity index (χ4v) is 3.23. The molecule has 0 bridgehead atoms. The van der Waals surface area contributed by atoms with Gasteiger partial charge in [-0.15, -0.1) is 0 Å². The number of halogens is 2. The molecular weight excluding hydrogens is 359 g/mol. The summed E-state index contributed by atoms with van der Waals surface area (Å²) in [5.74, 6) is -0.0215. The number of benzene rings is 1. The molecule has 1 fully saturated rings. The molecule has 0 atom stereocenters. The minimum atomic E-state index is -0.0215. The predicted octanol–water partition coefficient (Wildman–Crippen LogP) is 3.91. The molecule has 0 radical (unpaired) electrons. The fourth-order valence-electron chi connectivity index (χ4n) is 2.77. The lowest BCUT2D eigenvalue weighted by Crippen LogP contribution is -2.48. The van der Waals surface area contributed by atoms with Crippen LogP contribution in [0.15, 0.2) is 36.5 Å². The monoisotopic (exact) mass is 378 g/mol. The van der Waals surface area contributed by atoms with E-state index in [1.807, 2.05) is 11.0 Å². The number of nitrogens with zero attached hydrogens (tertiary/aromatic N) is 3. The summed E-state index contributed by atoms with van der Waals surface area (Å²) in [5, 5.41) is 4.28. The highest BCUT2D eigenvalue weighted by Gasteiger charge is 2.22. The van der Waals surface area contributed by atoms with Crippen LogP contribution >= 0.6 is 23.2 Å². The first-order valence-electron chi connectivity index (χ1n) is 8.26. The van der Waals surface area contributed by atoms with Crippen molar-refractivity contribution in [2.45, 2.75) is 6.92 Å². The zero-order chi connectivity index (χ0) is 17.8. The highest BCUT2D eigenvalue weighted by molar-refractivity contribution is 6.36. The van der Waals surface area contributed by atoms with Crippen LogP contribution < -0.4 is 5.32 Å². The summed E-state index contributed by atoms with van der Waals surface area (Å²) in [6.45, 7) is 6.48. The van der Waals surface area contributed by atoms with E-state index in [0.717, 1.165) is 44.1 Å². The van der Waals surface area contributed by atoms with Crippen molar-refractivity contribution in [2.24, 2.45) is 0 Å². The van der Waals surface area contributed by atoms with Crippen molar-refractivity contribution in [1.29, 1.82) is 0 Å². The molecule has 2 aromatic rings. The van der Waals surface area contributed by atoms with Gasteiger partial charge in [0.05, 0.1) is 22.6 Å². The van der Waals surface area contributed by atoms with E-state index >= 15 is 0 Å². The number of carbonyl (C=O) groups excluding carboxylic acids is 1. The van der Waals surface area contributed by atoms with E-state index in [1.165, 1.54) is 0 Å². The Hall–Kier alpha value is -1.82. The van der Waals surface area contributed by atoms with Crippen LogP contribution in [0.1, 0.15) is 17.4 Å². The minimum absolute atomic E-state index is 0.0215. The molecule has 3 rings (SSSR count). The van der Waals surface area contributed by atoms with Crippen molar-refractivity contribution in [3.63, 3.8) is 0 Å². The Labute approximate surface area is 157 Å². The number of rotatable bonds is 4. The molecule has 0 aliphatic carbocycles. The Morgan fingerprint density at radius 2 is 1.92 bits per heavy atom. The molecule has 1 aliphatic heterocycles. The number of anilines is 2. The number of hydrogen-bond acceptors (Lipinski definition) is 4. The van der Waals surface area contributed by atoms with Crippen molar-refractivity contribution < 1.29 is 4.79 Å². The van der Waals surface area contributed by atoms with Crippen LogP contribution in [0.5, 0.6) is 0 Å². The molecule has 5 nitrogen and oxygen atoms in total. The number of amides is 1. The van der Waals surface area contributed by atoms with Crippen LogP contribution in [0.4, 0.5) is 11.4 Å². The normalized spacial score (nSPS) is 15.2. The Kier molecular flexibility index (Phi) is 5.78. The maximum absolute atomic E-state index is 12.5. The molecule has 1 aliphatic rings. The van der Waals surface area contributed by atoms with Gasteiger partial charge in [0.1, 0.15) is 5.69 Å². The molecule has 0 unspecified atom stereocenters. The number of carbonyl (C=O) groups is 1. The number of aromatic nitrogens is 1. The van der Waals surface area contributed by atoms with E-state index in [9.17, 15) is 4.79 Å². The third-order valence-corrected chi connectivity index (χ3v) is 4.85. The van der Waals surface area contributed by atoms with E-state index in [1.54, 1.807) is 30.5 Å². The van der Waals surface area contributed by atoms with Crippen molar-refractivity contribution in [3.05, 3.63) is 52.3 Å². The van der Waals surface area contributed by atoms with Gasteiger partial charge in [0.15, 0.2) is 0 Å². The average Bonchev–Trinajstić information content (AvgIpc) is 2.64. The van der Waals surface area contributed by atoms with Gasteiger partial charge in [0, 0.05) is 31.2 Å². The summed E-state index contributed by atoms with van der Waals surface area (Å²) < 4.78 is 0. The van der Waals surface area contributed by atoms with Crippen LogP contribution in [0.25, 0.3) is 0 Å². The lowest BCUT2D eigenvalue weighted by Gasteiger charge is -2.33. The molecule has 0 saturated carbocycles. The Morgan fingerprint density at radius 3 is 2.52 bits per heavy atom. The van der Waals surface area contributed by atoms with Gasteiger partial charge in [0.2, 0.25) is 0 Å². The predicted molar refractivity (Wildman–Crippen MR) is 102 cm³/mol. The maximum atomic E-state index is 12.5. The molecule has 1 aromatic heterocycles. The second kappa shape index (κ2) is 8.04. The molecule has 7 heteroatoms. The molecule has 1 amide bonds. The second-order valence-corrected chi connectivity index (χ2v) is 6.75. The molecule has 1 N–H and O–H groups in total. The number of piperazine rings is 1. The van der Waals surface area contributed by atoms with Crippen LogP contribution in [-0.4, -0.2) is 53.4 Å². The number of likely N-dealkylation sites (N-methyl/N-ethyl adjacent to an activating group) is 1. The summed E-state index contributed by atoms with van der Waals surface area (Å²) in [6.07, 6.45) is 1.64.